The highest BCUT2D eigenvalue weighted by atomic mass is 32.2. The van der Waals surface area contributed by atoms with E-state index < -0.39 is 28.0 Å². The second-order valence-corrected chi connectivity index (χ2v) is 8.66. The van der Waals surface area contributed by atoms with Crippen LogP contribution in [0.4, 0.5) is 5.69 Å². The van der Waals surface area contributed by atoms with E-state index in [1.54, 1.807) is 13.0 Å². The summed E-state index contributed by atoms with van der Waals surface area (Å²) in [4.78, 5) is 26.6. The number of nitrogens with zero attached hydrogens (tertiary/aromatic N) is 2. The maximum absolute atomic E-state index is 12.8. The number of carbonyl (C=O) groups excluding carboxylic acids is 2. The fraction of sp³-hybridized carbons (Fsp3) is 0.556. The Morgan fingerprint density at radius 3 is 2.50 bits per heavy atom. The van der Waals surface area contributed by atoms with Gasteiger partial charge in [0.05, 0.1) is 29.4 Å². The lowest BCUT2D eigenvalue weighted by molar-refractivity contribution is -0.128. The Hall–Kier alpha value is -2.17. The Morgan fingerprint density at radius 2 is 1.93 bits per heavy atom. The predicted molar refractivity (Wildman–Crippen MR) is 104 cm³/mol. The first-order valence-electron chi connectivity index (χ1n) is 9.06. The molecule has 1 heterocycles. The average Bonchev–Trinajstić information content (AvgIpc) is 2.68. The third-order valence-corrected chi connectivity index (χ3v) is 6.13. The summed E-state index contributed by atoms with van der Waals surface area (Å²) in [6.07, 6.45) is -1.00. The van der Waals surface area contributed by atoms with E-state index in [0.29, 0.717) is 38.5 Å². The Morgan fingerprint density at radius 1 is 1.29 bits per heavy atom. The smallest absolute Gasteiger partial charge is 0.341 e. The van der Waals surface area contributed by atoms with Crippen LogP contribution in [0.1, 0.15) is 24.2 Å². The SMILES string of the molecule is CCNC(=O)[C@@H](C)OC(=O)c1cc(S(=O)(=O)N(C)C)ccc1N1CCOCC1. The van der Waals surface area contributed by atoms with Gasteiger partial charge in [-0.1, -0.05) is 0 Å². The molecule has 10 heteroatoms. The first kappa shape index (κ1) is 22.1. The van der Waals surface area contributed by atoms with E-state index in [0.717, 1.165) is 4.31 Å². The number of likely N-dealkylation sites (N-methyl/N-ethyl adjacent to an activating group) is 1. The van der Waals surface area contributed by atoms with Gasteiger partial charge in [-0.15, -0.1) is 0 Å². The summed E-state index contributed by atoms with van der Waals surface area (Å²) in [5, 5.41) is 2.59. The van der Waals surface area contributed by atoms with Crippen molar-refractivity contribution in [2.24, 2.45) is 0 Å². The summed E-state index contributed by atoms with van der Waals surface area (Å²) in [5.41, 5.74) is 0.648. The molecule has 0 aliphatic carbocycles. The minimum Gasteiger partial charge on any atom is -0.449 e. The lowest BCUT2D eigenvalue weighted by atomic mass is 10.1. The zero-order chi connectivity index (χ0) is 20.9. The first-order chi connectivity index (χ1) is 13.2. The molecule has 1 aromatic rings. The Kier molecular flexibility index (Phi) is 7.39. The lowest BCUT2D eigenvalue weighted by Crippen LogP contribution is -2.38. The average molecular weight is 413 g/mol. The summed E-state index contributed by atoms with van der Waals surface area (Å²) >= 11 is 0. The number of esters is 1. The lowest BCUT2D eigenvalue weighted by Gasteiger charge is -2.30. The number of amides is 1. The molecule has 1 saturated heterocycles. The minimum atomic E-state index is -3.73. The number of morpholine rings is 1. The number of ether oxygens (including phenoxy) is 2. The molecule has 1 N–H and O–H groups in total. The number of carbonyl (C=O) groups is 2. The van der Waals surface area contributed by atoms with Gasteiger partial charge in [0, 0.05) is 33.7 Å². The molecule has 1 aliphatic heterocycles. The van der Waals surface area contributed by atoms with E-state index in [4.69, 9.17) is 9.47 Å². The highest BCUT2D eigenvalue weighted by Crippen LogP contribution is 2.27. The Balaban J connectivity index is 2.41. The second-order valence-electron chi connectivity index (χ2n) is 6.51. The van der Waals surface area contributed by atoms with Crippen LogP contribution in [0.15, 0.2) is 23.1 Å². The fourth-order valence-corrected chi connectivity index (χ4v) is 3.65. The maximum Gasteiger partial charge on any atom is 0.341 e. The number of benzene rings is 1. The highest BCUT2D eigenvalue weighted by Gasteiger charge is 2.27. The zero-order valence-electron chi connectivity index (χ0n) is 16.6. The van der Waals surface area contributed by atoms with E-state index >= 15 is 0 Å². The van der Waals surface area contributed by atoms with Crippen LogP contribution in [-0.2, 0) is 24.3 Å². The van der Waals surface area contributed by atoms with Crippen LogP contribution in [0.5, 0.6) is 0 Å². The van der Waals surface area contributed by atoms with E-state index in [1.807, 2.05) is 4.90 Å². The summed E-state index contributed by atoms with van der Waals surface area (Å²) < 4.78 is 36.7. The van der Waals surface area contributed by atoms with Crippen molar-refractivity contribution in [3.63, 3.8) is 0 Å². The number of anilines is 1. The molecule has 156 valence electrons. The van der Waals surface area contributed by atoms with Crippen molar-refractivity contribution in [1.29, 1.82) is 0 Å². The molecule has 2 rings (SSSR count). The van der Waals surface area contributed by atoms with Gasteiger partial charge in [-0.25, -0.2) is 17.5 Å². The number of rotatable bonds is 7. The summed E-state index contributed by atoms with van der Waals surface area (Å²) in [5.74, 6) is -1.17. The van der Waals surface area contributed by atoms with Crippen molar-refractivity contribution < 1.29 is 27.5 Å². The van der Waals surface area contributed by atoms with Gasteiger partial charge in [0.25, 0.3) is 5.91 Å². The van der Waals surface area contributed by atoms with E-state index in [9.17, 15) is 18.0 Å². The van der Waals surface area contributed by atoms with Gasteiger partial charge in [-0.2, -0.15) is 0 Å². The molecule has 1 aromatic carbocycles. The molecule has 9 nitrogen and oxygen atoms in total. The maximum atomic E-state index is 12.8. The van der Waals surface area contributed by atoms with Crippen molar-refractivity contribution in [3.05, 3.63) is 23.8 Å². The molecule has 0 unspecified atom stereocenters. The third kappa shape index (κ3) is 5.00. The molecule has 0 aromatic heterocycles. The van der Waals surface area contributed by atoms with Crippen LogP contribution in [0.3, 0.4) is 0 Å². The molecule has 0 radical (unpaired) electrons. The van der Waals surface area contributed by atoms with Crippen molar-refractivity contribution in [1.82, 2.24) is 9.62 Å². The quantitative estimate of drug-likeness (QED) is 0.647. The van der Waals surface area contributed by atoms with E-state index in [1.165, 1.54) is 33.2 Å². The number of sulfonamides is 1. The summed E-state index contributed by atoms with van der Waals surface area (Å²) in [6.45, 7) is 5.77. The number of hydrogen-bond acceptors (Lipinski definition) is 7. The fourth-order valence-electron chi connectivity index (χ4n) is 2.73. The summed E-state index contributed by atoms with van der Waals surface area (Å²) in [7, 11) is -0.897. The Bertz CT molecular complexity index is 819. The van der Waals surface area contributed by atoms with Crippen LogP contribution in [0.25, 0.3) is 0 Å². The van der Waals surface area contributed by atoms with Crippen LogP contribution >= 0.6 is 0 Å². The van der Waals surface area contributed by atoms with E-state index in [2.05, 4.69) is 5.32 Å². The molecule has 1 fully saturated rings. The largest absolute Gasteiger partial charge is 0.449 e. The van der Waals surface area contributed by atoms with Gasteiger partial charge >= 0.3 is 5.97 Å². The minimum absolute atomic E-state index is 0.0212. The first-order valence-corrected chi connectivity index (χ1v) is 10.5. The van der Waals surface area contributed by atoms with Crippen molar-refractivity contribution in [2.75, 3.05) is 51.8 Å². The molecule has 28 heavy (non-hydrogen) atoms. The molecule has 1 amide bonds. The normalized spacial score (nSPS) is 16.0. The van der Waals surface area contributed by atoms with Gasteiger partial charge in [-0.3, -0.25) is 4.79 Å². The summed E-state index contributed by atoms with van der Waals surface area (Å²) in [6, 6.07) is 4.35. The molecule has 0 saturated carbocycles. The molecule has 1 aliphatic rings. The van der Waals surface area contributed by atoms with Crippen LogP contribution < -0.4 is 10.2 Å². The van der Waals surface area contributed by atoms with Crippen LogP contribution in [-0.4, -0.2) is 77.6 Å². The second kappa shape index (κ2) is 9.35. The van der Waals surface area contributed by atoms with Crippen molar-refractivity contribution in [2.45, 2.75) is 24.8 Å². The van der Waals surface area contributed by atoms with E-state index in [-0.39, 0.29) is 10.5 Å². The topological polar surface area (TPSA) is 105 Å². The zero-order valence-corrected chi connectivity index (χ0v) is 17.4. The van der Waals surface area contributed by atoms with Crippen molar-refractivity contribution in [3.8, 4) is 0 Å². The van der Waals surface area contributed by atoms with Gasteiger partial charge in [0.2, 0.25) is 10.0 Å². The van der Waals surface area contributed by atoms with Gasteiger partial charge < -0.3 is 19.7 Å². The molecular weight excluding hydrogens is 386 g/mol. The van der Waals surface area contributed by atoms with Crippen LogP contribution in [0, 0.1) is 0 Å². The standard InChI is InChI=1S/C18H27N3O6S/c1-5-19-17(22)13(2)27-18(23)15-12-14(28(24,25)20(3)4)6-7-16(15)21-8-10-26-11-9-21/h6-7,12-13H,5,8-11H2,1-4H3,(H,19,22)/t13-/m1/s1. The monoisotopic (exact) mass is 413 g/mol. The van der Waals surface area contributed by atoms with Gasteiger partial charge in [0.1, 0.15) is 0 Å². The third-order valence-electron chi connectivity index (χ3n) is 4.32. The molecular formula is C18H27N3O6S. The van der Waals surface area contributed by atoms with Gasteiger partial charge in [0.15, 0.2) is 6.10 Å². The van der Waals surface area contributed by atoms with Gasteiger partial charge in [-0.05, 0) is 32.0 Å². The predicted octanol–water partition coefficient (Wildman–Crippen LogP) is 0.455. The van der Waals surface area contributed by atoms with Crippen LogP contribution in [0.2, 0.25) is 0 Å². The number of hydrogen-bond donors (Lipinski definition) is 1. The highest BCUT2D eigenvalue weighted by molar-refractivity contribution is 7.89. The molecule has 1 atom stereocenters. The van der Waals surface area contributed by atoms with Crippen molar-refractivity contribution >= 4 is 27.6 Å². The Labute approximate surface area is 165 Å². The molecule has 0 bridgehead atoms. The number of nitrogens with one attached hydrogen (secondary N) is 1. The molecule has 0 spiro atoms.